The topological polar surface area (TPSA) is 86.3 Å². The van der Waals surface area contributed by atoms with Crippen molar-refractivity contribution in [2.75, 3.05) is 19.8 Å². The van der Waals surface area contributed by atoms with Crippen molar-refractivity contribution in [2.45, 2.75) is 44.4 Å². The number of carbonyl (C=O) groups is 1. The fourth-order valence-electron chi connectivity index (χ4n) is 2.87. The van der Waals surface area contributed by atoms with Crippen molar-refractivity contribution in [1.29, 1.82) is 0 Å². The van der Waals surface area contributed by atoms with Gasteiger partial charge in [0.2, 0.25) is 0 Å². The average Bonchev–Trinajstić information content (AvgIpc) is 3.16. The average molecular weight is 421 g/mol. The molecule has 2 unspecified atom stereocenters. The molecular formula is C21H28NO6P. The van der Waals surface area contributed by atoms with Crippen molar-refractivity contribution in [2.24, 2.45) is 0 Å². The minimum absolute atomic E-state index is 0.173. The van der Waals surface area contributed by atoms with Crippen LogP contribution in [0.4, 0.5) is 0 Å². The molecule has 1 fully saturated rings. The van der Waals surface area contributed by atoms with Gasteiger partial charge in [0.25, 0.3) is 0 Å². The molecule has 4 atom stereocenters. The van der Waals surface area contributed by atoms with Crippen LogP contribution < -0.4 is 9.61 Å². The Morgan fingerprint density at radius 3 is 2.86 bits per heavy atom. The lowest BCUT2D eigenvalue weighted by atomic mass is 10.1. The molecule has 1 aromatic rings. The zero-order valence-corrected chi connectivity index (χ0v) is 17.4. The van der Waals surface area contributed by atoms with Crippen LogP contribution in [0.1, 0.15) is 26.2 Å². The number of hydrogen-bond donors (Lipinski definition) is 2. The highest BCUT2D eigenvalue weighted by molar-refractivity contribution is 7.45. The molecule has 3 rings (SSSR count). The molecule has 29 heavy (non-hydrogen) atoms. The maximum absolute atomic E-state index is 12.4. The van der Waals surface area contributed by atoms with E-state index in [9.17, 15) is 9.90 Å². The molecule has 2 aliphatic rings. The Kier molecular flexibility index (Phi) is 8.65. The minimum Gasteiger partial charge on any atom is -0.460 e. The van der Waals surface area contributed by atoms with E-state index in [-0.39, 0.29) is 19.2 Å². The monoisotopic (exact) mass is 421 g/mol. The van der Waals surface area contributed by atoms with Gasteiger partial charge in [-0.25, -0.2) is 5.09 Å². The van der Waals surface area contributed by atoms with Crippen LogP contribution in [0.25, 0.3) is 0 Å². The van der Waals surface area contributed by atoms with Crippen molar-refractivity contribution in [3.05, 3.63) is 54.1 Å². The van der Waals surface area contributed by atoms with Crippen LogP contribution in [-0.4, -0.2) is 49.1 Å². The molecule has 8 heteroatoms. The van der Waals surface area contributed by atoms with E-state index in [1.165, 1.54) is 0 Å². The zero-order valence-electron chi connectivity index (χ0n) is 16.5. The number of nitrogens with one attached hydrogen (secondary N) is 1. The predicted octanol–water partition coefficient (Wildman–Crippen LogP) is 3.26. The standard InChI is InChI=1S/C21H28NO6P/c1-16(21(24)26-14-17-8-4-2-5-9-17)22-29(28-18-10-6-3-7-11-18)27-15-20-19(23)12-13-25-20/h3-4,6-11,16,19-20,22-23H,2,5,12-15H2,1H3/t16?,19-,20-,29?/m0/s1. The molecule has 0 bridgehead atoms. The summed E-state index contributed by atoms with van der Waals surface area (Å²) in [5.74, 6) is 0.242. The van der Waals surface area contributed by atoms with Crippen molar-refractivity contribution in [3.8, 4) is 5.75 Å². The normalized spacial score (nSPS) is 23.3. The van der Waals surface area contributed by atoms with Gasteiger partial charge in [0.05, 0.1) is 12.7 Å². The molecule has 7 nitrogen and oxygen atoms in total. The number of ether oxygens (including phenoxy) is 2. The van der Waals surface area contributed by atoms with Gasteiger partial charge in [-0.1, -0.05) is 36.4 Å². The Hall–Kier alpha value is -1.76. The Bertz CT molecular complexity index is 710. The third kappa shape index (κ3) is 7.21. The van der Waals surface area contributed by atoms with Crippen LogP contribution >= 0.6 is 8.53 Å². The third-order valence-corrected chi connectivity index (χ3v) is 5.93. The molecule has 0 amide bonds. The first-order valence-electron chi connectivity index (χ1n) is 9.86. The molecule has 0 radical (unpaired) electrons. The number of hydrogen-bond acceptors (Lipinski definition) is 7. The van der Waals surface area contributed by atoms with Crippen LogP contribution in [0, 0.1) is 0 Å². The molecule has 2 N–H and O–H groups in total. The summed E-state index contributed by atoms with van der Waals surface area (Å²) in [6.45, 7) is 2.64. The molecule has 0 saturated carbocycles. The van der Waals surface area contributed by atoms with Gasteiger partial charge in [-0.05, 0) is 43.9 Å². The number of esters is 1. The van der Waals surface area contributed by atoms with E-state index >= 15 is 0 Å². The summed E-state index contributed by atoms with van der Waals surface area (Å²) < 4.78 is 22.6. The second kappa shape index (κ2) is 11.4. The largest absolute Gasteiger partial charge is 0.460 e. The Balaban J connectivity index is 1.53. The van der Waals surface area contributed by atoms with Gasteiger partial charge in [0.1, 0.15) is 24.5 Å². The maximum atomic E-state index is 12.4. The molecule has 1 saturated heterocycles. The van der Waals surface area contributed by atoms with Gasteiger partial charge in [-0.2, -0.15) is 0 Å². The molecule has 1 aromatic carbocycles. The zero-order chi connectivity index (χ0) is 20.5. The maximum Gasteiger partial charge on any atom is 0.323 e. The molecule has 0 aromatic heterocycles. The van der Waals surface area contributed by atoms with Crippen LogP contribution in [0.15, 0.2) is 54.1 Å². The summed E-state index contributed by atoms with van der Waals surface area (Å²) in [6, 6.07) is 8.61. The molecule has 158 valence electrons. The SMILES string of the molecule is CC(NP(OC[C@@H]1OCC[C@@H]1O)Oc1ccccc1)C(=O)OCC1=CCCC=C1. The molecule has 1 aliphatic carbocycles. The van der Waals surface area contributed by atoms with Gasteiger partial charge in [0, 0.05) is 6.61 Å². The first-order chi connectivity index (χ1) is 14.1. The van der Waals surface area contributed by atoms with Crippen LogP contribution in [0.3, 0.4) is 0 Å². The van der Waals surface area contributed by atoms with Gasteiger partial charge < -0.3 is 23.6 Å². The number of benzene rings is 1. The van der Waals surface area contributed by atoms with Gasteiger partial charge in [0.15, 0.2) is 0 Å². The first-order valence-corrected chi connectivity index (χ1v) is 11.0. The van der Waals surface area contributed by atoms with Crippen LogP contribution in [-0.2, 0) is 18.8 Å². The van der Waals surface area contributed by atoms with E-state index in [0.29, 0.717) is 18.8 Å². The highest BCUT2D eigenvalue weighted by Gasteiger charge is 2.29. The lowest BCUT2D eigenvalue weighted by molar-refractivity contribution is -0.144. The Morgan fingerprint density at radius 1 is 1.34 bits per heavy atom. The smallest absolute Gasteiger partial charge is 0.323 e. The van der Waals surface area contributed by atoms with E-state index < -0.39 is 26.8 Å². The van der Waals surface area contributed by atoms with Crippen molar-refractivity contribution in [3.63, 3.8) is 0 Å². The van der Waals surface area contributed by atoms with E-state index in [4.69, 9.17) is 18.5 Å². The summed E-state index contributed by atoms with van der Waals surface area (Å²) in [7, 11) is -1.64. The highest BCUT2D eigenvalue weighted by atomic mass is 31.2. The summed E-state index contributed by atoms with van der Waals surface area (Å²) in [5, 5.41) is 13.0. The van der Waals surface area contributed by atoms with Gasteiger partial charge in [-0.3, -0.25) is 4.79 Å². The summed E-state index contributed by atoms with van der Waals surface area (Å²) >= 11 is 0. The second-order valence-electron chi connectivity index (χ2n) is 6.94. The highest BCUT2D eigenvalue weighted by Crippen LogP contribution is 2.37. The van der Waals surface area contributed by atoms with E-state index in [0.717, 1.165) is 18.4 Å². The van der Waals surface area contributed by atoms with E-state index in [1.807, 2.05) is 36.4 Å². The van der Waals surface area contributed by atoms with Crippen LogP contribution in [0.5, 0.6) is 5.75 Å². The lowest BCUT2D eigenvalue weighted by Gasteiger charge is -2.23. The van der Waals surface area contributed by atoms with E-state index in [2.05, 4.69) is 17.2 Å². The van der Waals surface area contributed by atoms with Crippen molar-refractivity contribution < 1.29 is 28.4 Å². The van der Waals surface area contributed by atoms with E-state index in [1.54, 1.807) is 6.92 Å². The fraction of sp³-hybridized carbons (Fsp3) is 0.476. The molecule has 0 spiro atoms. The fourth-order valence-corrected chi connectivity index (χ4v) is 4.07. The number of aliphatic hydroxyl groups is 1. The van der Waals surface area contributed by atoms with Crippen molar-refractivity contribution in [1.82, 2.24) is 5.09 Å². The summed E-state index contributed by atoms with van der Waals surface area (Å²) in [6.07, 6.45) is 7.76. The number of aliphatic hydroxyl groups excluding tert-OH is 1. The van der Waals surface area contributed by atoms with Gasteiger partial charge >= 0.3 is 14.5 Å². The van der Waals surface area contributed by atoms with Gasteiger partial charge in [-0.15, -0.1) is 0 Å². The molecule has 1 heterocycles. The molecular weight excluding hydrogens is 393 g/mol. The Morgan fingerprint density at radius 2 is 2.17 bits per heavy atom. The lowest BCUT2D eigenvalue weighted by Crippen LogP contribution is -2.35. The third-order valence-electron chi connectivity index (χ3n) is 4.57. The number of para-hydroxylation sites is 1. The van der Waals surface area contributed by atoms with Crippen molar-refractivity contribution >= 4 is 14.5 Å². The first kappa shape index (κ1) is 21.9. The number of carbonyl (C=O) groups excluding carboxylic acids is 1. The number of rotatable bonds is 10. The summed E-state index contributed by atoms with van der Waals surface area (Å²) in [4.78, 5) is 12.4. The molecule has 1 aliphatic heterocycles. The predicted molar refractivity (Wildman–Crippen MR) is 110 cm³/mol. The number of allylic oxidation sites excluding steroid dienone is 2. The minimum atomic E-state index is -1.64. The summed E-state index contributed by atoms with van der Waals surface area (Å²) in [5.41, 5.74) is 1.00. The second-order valence-corrected chi connectivity index (χ2v) is 8.15. The van der Waals surface area contributed by atoms with Crippen LogP contribution in [0.2, 0.25) is 0 Å². The Labute approximate surface area is 172 Å². The quantitative estimate of drug-likeness (QED) is 0.443.